The van der Waals surface area contributed by atoms with Gasteiger partial charge in [0, 0.05) is 19.3 Å². The van der Waals surface area contributed by atoms with Crippen LogP contribution in [0.25, 0.3) is 16.8 Å². The van der Waals surface area contributed by atoms with Gasteiger partial charge in [-0.15, -0.1) is 0 Å². The van der Waals surface area contributed by atoms with Crippen molar-refractivity contribution in [2.45, 2.75) is 25.4 Å². The third-order valence-electron chi connectivity index (χ3n) is 5.53. The zero-order valence-corrected chi connectivity index (χ0v) is 17.5. The van der Waals surface area contributed by atoms with Crippen LogP contribution in [-0.2, 0) is 16.1 Å². The van der Waals surface area contributed by atoms with E-state index < -0.39 is 6.04 Å². The number of aromatic nitrogens is 2. The fourth-order valence-electron chi connectivity index (χ4n) is 4.12. The lowest BCUT2D eigenvalue weighted by Crippen LogP contribution is -2.41. The van der Waals surface area contributed by atoms with Crippen molar-refractivity contribution >= 4 is 17.5 Å². The van der Waals surface area contributed by atoms with Crippen molar-refractivity contribution in [2.24, 2.45) is 0 Å². The Morgan fingerprint density at radius 2 is 2.00 bits per heavy atom. The normalized spacial score (nSPS) is 16.4. The number of fused-ring (bicyclic) bond motifs is 1. The molecule has 0 bridgehead atoms. The van der Waals surface area contributed by atoms with E-state index >= 15 is 0 Å². The first-order chi connectivity index (χ1) is 14.5. The first kappa shape index (κ1) is 20.1. The fourth-order valence-corrected chi connectivity index (χ4v) is 4.12. The molecule has 0 aliphatic carbocycles. The molecular weight excluding hydrogens is 380 g/mol. The monoisotopic (exact) mass is 406 g/mol. The predicted octanol–water partition coefficient (Wildman–Crippen LogP) is 2.84. The molecule has 7 nitrogen and oxygen atoms in total. The van der Waals surface area contributed by atoms with E-state index in [0.717, 1.165) is 24.1 Å². The molecule has 0 N–H and O–H groups in total. The van der Waals surface area contributed by atoms with E-state index in [0.29, 0.717) is 24.3 Å². The number of esters is 1. The summed E-state index contributed by atoms with van der Waals surface area (Å²) in [5.74, 6) is -0.568. The maximum Gasteiger partial charge on any atom is 0.328 e. The summed E-state index contributed by atoms with van der Waals surface area (Å²) in [6.07, 6.45) is 4.94. The van der Waals surface area contributed by atoms with Gasteiger partial charge in [0.2, 0.25) is 0 Å². The van der Waals surface area contributed by atoms with Crippen molar-refractivity contribution in [1.29, 1.82) is 0 Å². The highest BCUT2D eigenvalue weighted by molar-refractivity contribution is 5.96. The van der Waals surface area contributed by atoms with Crippen LogP contribution in [0, 0.1) is 0 Å². The van der Waals surface area contributed by atoms with E-state index in [9.17, 15) is 9.59 Å². The lowest BCUT2D eigenvalue weighted by atomic mass is 10.0. The van der Waals surface area contributed by atoms with Gasteiger partial charge < -0.3 is 14.5 Å². The zero-order chi connectivity index (χ0) is 21.3. The van der Waals surface area contributed by atoms with Crippen LogP contribution in [0.3, 0.4) is 0 Å². The van der Waals surface area contributed by atoms with E-state index in [1.807, 2.05) is 49.0 Å². The smallest absolute Gasteiger partial charge is 0.328 e. The maximum absolute atomic E-state index is 13.3. The third kappa shape index (κ3) is 3.68. The van der Waals surface area contributed by atoms with Crippen LogP contribution in [0.2, 0.25) is 0 Å². The van der Waals surface area contributed by atoms with Crippen LogP contribution < -0.4 is 0 Å². The van der Waals surface area contributed by atoms with Crippen LogP contribution in [-0.4, -0.2) is 64.9 Å². The molecule has 1 fully saturated rings. The molecule has 0 saturated carbocycles. The number of carbonyl (C=O) groups is 2. The first-order valence-corrected chi connectivity index (χ1v) is 10.1. The second-order valence-corrected chi connectivity index (χ2v) is 7.86. The zero-order valence-electron chi connectivity index (χ0n) is 17.5. The highest BCUT2D eigenvalue weighted by atomic mass is 16.5. The van der Waals surface area contributed by atoms with Crippen LogP contribution in [0.15, 0.2) is 48.8 Å². The first-order valence-electron chi connectivity index (χ1n) is 10.1. The average molecular weight is 406 g/mol. The van der Waals surface area contributed by atoms with Gasteiger partial charge in [-0.1, -0.05) is 24.3 Å². The molecule has 30 heavy (non-hydrogen) atoms. The van der Waals surface area contributed by atoms with Crippen LogP contribution in [0.1, 0.15) is 28.9 Å². The van der Waals surface area contributed by atoms with E-state index in [1.54, 1.807) is 11.1 Å². The Bertz CT molecular complexity index is 1090. The number of nitrogens with zero attached hydrogens (tertiary/aromatic N) is 4. The average Bonchev–Trinajstić information content (AvgIpc) is 3.39. The maximum atomic E-state index is 13.3. The number of rotatable bonds is 5. The Morgan fingerprint density at radius 3 is 2.77 bits per heavy atom. The van der Waals surface area contributed by atoms with E-state index in [1.165, 1.54) is 12.7 Å². The van der Waals surface area contributed by atoms with Gasteiger partial charge in [-0.05, 0) is 55.8 Å². The van der Waals surface area contributed by atoms with E-state index in [4.69, 9.17) is 4.74 Å². The summed E-state index contributed by atoms with van der Waals surface area (Å²) in [4.78, 5) is 33.5. The topological polar surface area (TPSA) is 67.2 Å². The molecule has 3 heterocycles. The van der Waals surface area contributed by atoms with Gasteiger partial charge in [-0.2, -0.15) is 0 Å². The molecule has 0 radical (unpaired) electrons. The SMILES string of the molecule is COC(=O)C1CCCN1C(=O)c1cnc2ccc(-c3ccccc3CN(C)C)cn12. The Morgan fingerprint density at radius 1 is 1.20 bits per heavy atom. The molecule has 1 saturated heterocycles. The second kappa shape index (κ2) is 8.28. The molecule has 1 aromatic carbocycles. The number of likely N-dealkylation sites (tertiary alicyclic amines) is 1. The summed E-state index contributed by atoms with van der Waals surface area (Å²) < 4.78 is 6.70. The molecule has 1 aliphatic rings. The molecule has 0 spiro atoms. The molecular formula is C23H26N4O3. The van der Waals surface area contributed by atoms with Gasteiger partial charge in [0.15, 0.2) is 0 Å². The highest BCUT2D eigenvalue weighted by Gasteiger charge is 2.36. The quantitative estimate of drug-likeness (QED) is 0.610. The lowest BCUT2D eigenvalue weighted by molar-refractivity contribution is -0.145. The fraction of sp³-hybridized carbons (Fsp3) is 0.348. The summed E-state index contributed by atoms with van der Waals surface area (Å²) in [5.41, 5.74) is 4.49. The van der Waals surface area contributed by atoms with Crippen LogP contribution >= 0.6 is 0 Å². The third-order valence-corrected chi connectivity index (χ3v) is 5.53. The Labute approximate surface area is 175 Å². The van der Waals surface area contributed by atoms with Crippen molar-refractivity contribution in [3.63, 3.8) is 0 Å². The molecule has 156 valence electrons. The summed E-state index contributed by atoms with van der Waals surface area (Å²) in [5, 5.41) is 0. The molecule has 4 rings (SSSR count). The Balaban J connectivity index is 1.73. The number of methoxy groups -OCH3 is 1. The van der Waals surface area contributed by atoms with Gasteiger partial charge in [-0.25, -0.2) is 9.78 Å². The summed E-state index contributed by atoms with van der Waals surface area (Å²) in [7, 11) is 5.44. The Hall–Kier alpha value is -3.19. The van der Waals surface area contributed by atoms with Crippen molar-refractivity contribution in [3.8, 4) is 11.1 Å². The molecule has 1 aliphatic heterocycles. The molecule has 3 aromatic rings. The van der Waals surface area contributed by atoms with E-state index in [2.05, 4.69) is 22.0 Å². The standard InChI is InChI=1S/C23H26N4O3/c1-25(2)14-16-7-4-5-8-18(16)17-10-11-21-24-13-20(27(21)15-17)22(28)26-12-6-9-19(26)23(29)30-3/h4-5,7-8,10-11,13,15,19H,6,9,12,14H2,1-3H3. The van der Waals surface area contributed by atoms with Gasteiger partial charge in [0.1, 0.15) is 17.4 Å². The molecule has 1 atom stereocenters. The van der Waals surface area contributed by atoms with Crippen molar-refractivity contribution in [3.05, 3.63) is 60.0 Å². The van der Waals surface area contributed by atoms with Gasteiger partial charge >= 0.3 is 5.97 Å². The summed E-state index contributed by atoms with van der Waals surface area (Å²) in [6, 6.07) is 11.7. The van der Waals surface area contributed by atoms with Crippen molar-refractivity contribution in [1.82, 2.24) is 19.2 Å². The number of benzene rings is 1. The predicted molar refractivity (Wildman–Crippen MR) is 114 cm³/mol. The minimum absolute atomic E-state index is 0.200. The number of imidazole rings is 1. The van der Waals surface area contributed by atoms with Crippen molar-refractivity contribution < 1.29 is 14.3 Å². The number of carbonyl (C=O) groups excluding carboxylic acids is 2. The second-order valence-electron chi connectivity index (χ2n) is 7.86. The minimum Gasteiger partial charge on any atom is -0.467 e. The van der Waals surface area contributed by atoms with Crippen LogP contribution in [0.4, 0.5) is 0 Å². The van der Waals surface area contributed by atoms with Crippen LogP contribution in [0.5, 0.6) is 0 Å². The molecule has 1 amide bonds. The Kier molecular flexibility index (Phi) is 5.55. The molecule has 1 unspecified atom stereocenters. The molecule has 7 heteroatoms. The number of hydrogen-bond acceptors (Lipinski definition) is 5. The summed E-state index contributed by atoms with van der Waals surface area (Å²) >= 11 is 0. The van der Waals surface area contributed by atoms with Gasteiger partial charge in [0.25, 0.3) is 5.91 Å². The number of pyridine rings is 1. The largest absolute Gasteiger partial charge is 0.467 e. The molecule has 2 aromatic heterocycles. The lowest BCUT2D eigenvalue weighted by Gasteiger charge is -2.22. The number of hydrogen-bond donors (Lipinski definition) is 0. The van der Waals surface area contributed by atoms with Crippen molar-refractivity contribution in [2.75, 3.05) is 27.7 Å². The van der Waals surface area contributed by atoms with Gasteiger partial charge in [0.05, 0.1) is 13.3 Å². The van der Waals surface area contributed by atoms with Gasteiger partial charge in [-0.3, -0.25) is 9.20 Å². The number of amides is 1. The number of ether oxygens (including phenoxy) is 1. The minimum atomic E-state index is -0.531. The summed E-state index contributed by atoms with van der Waals surface area (Å²) in [6.45, 7) is 1.36. The highest BCUT2D eigenvalue weighted by Crippen LogP contribution is 2.27. The van der Waals surface area contributed by atoms with E-state index in [-0.39, 0.29) is 11.9 Å².